The molecule has 3 aromatic rings. The number of rotatable bonds is 6. The number of nitrogens with zero attached hydrogens (tertiary/aromatic N) is 2. The minimum atomic E-state index is 0.110. The number of likely N-dealkylation sites (tertiary alicyclic amines) is 1. The van der Waals surface area contributed by atoms with E-state index < -0.39 is 0 Å². The predicted molar refractivity (Wildman–Crippen MR) is 122 cm³/mol. The average molecular weight is 444 g/mol. The number of carbonyl (C=O) groups is 1. The molecule has 150 valence electrons. The number of aryl methyl sites for hydroxylation is 1. The maximum absolute atomic E-state index is 12.2. The van der Waals surface area contributed by atoms with Crippen LogP contribution in [0.5, 0.6) is 0 Å². The number of carbonyl (C=O) groups excluding carboxylic acids is 1. The highest BCUT2D eigenvalue weighted by atomic mass is 35.5. The van der Waals surface area contributed by atoms with Crippen molar-refractivity contribution in [3.8, 4) is 11.3 Å². The van der Waals surface area contributed by atoms with Gasteiger partial charge in [-0.3, -0.25) is 10.2 Å². The van der Waals surface area contributed by atoms with Crippen LogP contribution < -0.4 is 0 Å². The molecule has 0 unspecified atom stereocenters. The molecule has 0 atom stereocenters. The molecule has 1 aromatic carbocycles. The van der Waals surface area contributed by atoms with E-state index in [2.05, 4.69) is 4.90 Å². The van der Waals surface area contributed by atoms with E-state index in [-0.39, 0.29) is 5.78 Å². The van der Waals surface area contributed by atoms with E-state index in [1.807, 2.05) is 29.6 Å². The van der Waals surface area contributed by atoms with Gasteiger partial charge in [-0.2, -0.15) is 0 Å². The molecular formula is C22H22ClN3OS2. The van der Waals surface area contributed by atoms with Gasteiger partial charge < -0.3 is 4.90 Å². The number of piperidine rings is 1. The summed E-state index contributed by atoms with van der Waals surface area (Å²) in [7, 11) is 0. The molecular weight excluding hydrogens is 422 g/mol. The van der Waals surface area contributed by atoms with Gasteiger partial charge >= 0.3 is 0 Å². The van der Waals surface area contributed by atoms with Gasteiger partial charge in [-0.1, -0.05) is 35.9 Å². The monoisotopic (exact) mass is 443 g/mol. The Morgan fingerprint density at radius 2 is 1.86 bits per heavy atom. The third kappa shape index (κ3) is 4.94. The van der Waals surface area contributed by atoms with Gasteiger partial charge in [0.2, 0.25) is 0 Å². The molecule has 7 heteroatoms. The maximum Gasteiger partial charge on any atom is 0.173 e. The number of hydrogen-bond acceptors (Lipinski definition) is 5. The number of aromatic nitrogens is 1. The molecule has 4 nitrogen and oxygen atoms in total. The second kappa shape index (κ2) is 9.20. The number of benzene rings is 1. The molecule has 4 rings (SSSR count). The van der Waals surface area contributed by atoms with Crippen molar-refractivity contribution in [2.75, 3.05) is 13.1 Å². The minimum Gasteiger partial charge on any atom is -0.357 e. The number of nitrogens with one attached hydrogen (secondary N) is 1. The molecule has 0 bridgehead atoms. The largest absolute Gasteiger partial charge is 0.357 e. The molecule has 1 N–H and O–H groups in total. The van der Waals surface area contributed by atoms with Gasteiger partial charge in [0.25, 0.3) is 0 Å². The standard InChI is InChI=1S/C22H22ClN3OS2/c23-20-10-9-19(29-20)18(27)8-11-21-25-17(14-28-21)15-4-6-16(7-5-15)22(24)26-12-2-1-3-13-26/h4-7,9-10,14,24H,1-3,8,11-13H2. The molecule has 2 aromatic heterocycles. The number of amidine groups is 1. The molecule has 1 saturated heterocycles. The number of thiophene rings is 1. The minimum absolute atomic E-state index is 0.110. The van der Waals surface area contributed by atoms with Crippen LogP contribution in [0.4, 0.5) is 0 Å². The normalized spacial score (nSPS) is 14.2. The zero-order chi connectivity index (χ0) is 20.2. The summed E-state index contributed by atoms with van der Waals surface area (Å²) in [6.45, 7) is 1.96. The van der Waals surface area contributed by atoms with Crippen molar-refractivity contribution in [2.24, 2.45) is 0 Å². The number of thiazole rings is 1. The highest BCUT2D eigenvalue weighted by Gasteiger charge is 2.15. The first-order valence-corrected chi connectivity index (χ1v) is 11.8. The molecule has 1 fully saturated rings. The van der Waals surface area contributed by atoms with Gasteiger partial charge in [0, 0.05) is 42.4 Å². The lowest BCUT2D eigenvalue weighted by Gasteiger charge is -2.29. The first-order chi connectivity index (χ1) is 14.1. The van der Waals surface area contributed by atoms with Gasteiger partial charge in [0.1, 0.15) is 5.84 Å². The van der Waals surface area contributed by atoms with E-state index in [9.17, 15) is 4.79 Å². The Hall–Kier alpha value is -2.02. The zero-order valence-electron chi connectivity index (χ0n) is 16.0. The second-order valence-electron chi connectivity index (χ2n) is 7.13. The van der Waals surface area contributed by atoms with E-state index in [1.165, 1.54) is 30.6 Å². The lowest BCUT2D eigenvalue weighted by Crippen LogP contribution is -2.35. The molecule has 1 aliphatic heterocycles. The van der Waals surface area contributed by atoms with Gasteiger partial charge in [0.05, 0.1) is 19.9 Å². The third-order valence-corrected chi connectivity index (χ3v) is 7.27. The topological polar surface area (TPSA) is 57.1 Å². The fourth-order valence-electron chi connectivity index (χ4n) is 3.47. The van der Waals surface area contributed by atoms with Crippen LogP contribution in [0.25, 0.3) is 11.3 Å². The highest BCUT2D eigenvalue weighted by Crippen LogP contribution is 2.26. The Kier molecular flexibility index (Phi) is 6.43. The Morgan fingerprint density at radius 1 is 1.10 bits per heavy atom. The number of Topliss-reactive ketones (excluding diaryl/α,β-unsaturated/α-hetero) is 1. The van der Waals surface area contributed by atoms with Crippen LogP contribution in [-0.2, 0) is 6.42 Å². The van der Waals surface area contributed by atoms with Crippen LogP contribution in [0.3, 0.4) is 0 Å². The molecule has 1 aliphatic rings. The number of ketones is 1. The number of halogens is 1. The first kappa shape index (κ1) is 20.3. The van der Waals surface area contributed by atoms with E-state index in [4.69, 9.17) is 22.0 Å². The van der Waals surface area contributed by atoms with Crippen LogP contribution in [0.1, 0.15) is 45.9 Å². The Labute approximate surface area is 183 Å². The fourth-order valence-corrected chi connectivity index (χ4v) is 5.28. The Bertz CT molecular complexity index is 1000. The molecule has 0 aliphatic carbocycles. The Morgan fingerprint density at radius 3 is 2.55 bits per heavy atom. The summed E-state index contributed by atoms with van der Waals surface area (Å²) in [5.74, 6) is 0.724. The number of hydrogen-bond donors (Lipinski definition) is 1. The van der Waals surface area contributed by atoms with E-state index in [0.717, 1.165) is 34.9 Å². The molecule has 29 heavy (non-hydrogen) atoms. The lowest BCUT2D eigenvalue weighted by atomic mass is 10.1. The summed E-state index contributed by atoms with van der Waals surface area (Å²) >= 11 is 8.82. The van der Waals surface area contributed by atoms with Crippen molar-refractivity contribution in [2.45, 2.75) is 32.1 Å². The predicted octanol–water partition coefficient (Wildman–Crippen LogP) is 6.15. The molecule has 0 radical (unpaired) electrons. The van der Waals surface area contributed by atoms with Crippen LogP contribution in [0.2, 0.25) is 4.34 Å². The smallest absolute Gasteiger partial charge is 0.173 e. The van der Waals surface area contributed by atoms with Crippen LogP contribution in [-0.4, -0.2) is 34.6 Å². The summed E-state index contributed by atoms with van der Waals surface area (Å²) in [5, 5.41) is 11.4. The second-order valence-corrected chi connectivity index (χ2v) is 9.78. The summed E-state index contributed by atoms with van der Waals surface area (Å²) < 4.78 is 0.640. The van der Waals surface area contributed by atoms with Gasteiger partial charge in [0.15, 0.2) is 5.78 Å². The zero-order valence-corrected chi connectivity index (χ0v) is 18.4. The van der Waals surface area contributed by atoms with Crippen molar-refractivity contribution < 1.29 is 4.79 Å². The highest BCUT2D eigenvalue weighted by molar-refractivity contribution is 7.18. The average Bonchev–Trinajstić information content (AvgIpc) is 3.41. The molecule has 3 heterocycles. The fraction of sp³-hybridized carbons (Fsp3) is 0.318. The van der Waals surface area contributed by atoms with Crippen LogP contribution >= 0.6 is 34.3 Å². The molecule has 0 spiro atoms. The first-order valence-electron chi connectivity index (χ1n) is 9.77. The van der Waals surface area contributed by atoms with Crippen LogP contribution in [0.15, 0.2) is 41.8 Å². The third-order valence-electron chi connectivity index (χ3n) is 5.09. The van der Waals surface area contributed by atoms with Gasteiger partial charge in [-0.25, -0.2) is 4.98 Å². The van der Waals surface area contributed by atoms with E-state index >= 15 is 0 Å². The van der Waals surface area contributed by atoms with Gasteiger partial charge in [-0.05, 0) is 31.4 Å². The maximum atomic E-state index is 12.2. The van der Waals surface area contributed by atoms with Gasteiger partial charge in [-0.15, -0.1) is 22.7 Å². The van der Waals surface area contributed by atoms with Crippen molar-refractivity contribution >= 4 is 45.9 Å². The van der Waals surface area contributed by atoms with Crippen LogP contribution in [0, 0.1) is 5.41 Å². The van der Waals surface area contributed by atoms with Crippen molar-refractivity contribution in [1.82, 2.24) is 9.88 Å². The Balaban J connectivity index is 1.37. The lowest BCUT2D eigenvalue weighted by molar-refractivity contribution is 0.0986. The quantitative estimate of drug-likeness (QED) is 0.282. The van der Waals surface area contributed by atoms with Crippen molar-refractivity contribution in [3.63, 3.8) is 0 Å². The summed E-state index contributed by atoms with van der Waals surface area (Å²) in [5.41, 5.74) is 2.91. The SMILES string of the molecule is N=C(c1ccc(-c2csc(CCC(=O)c3ccc(Cl)s3)n2)cc1)N1CCCCC1. The summed E-state index contributed by atoms with van der Waals surface area (Å²) in [4.78, 5) is 19.8. The molecule has 0 saturated carbocycles. The summed E-state index contributed by atoms with van der Waals surface area (Å²) in [6, 6.07) is 11.6. The summed E-state index contributed by atoms with van der Waals surface area (Å²) in [6.07, 6.45) is 4.68. The molecule has 0 amide bonds. The van der Waals surface area contributed by atoms with E-state index in [1.54, 1.807) is 23.5 Å². The van der Waals surface area contributed by atoms with Crippen molar-refractivity contribution in [1.29, 1.82) is 5.41 Å². The van der Waals surface area contributed by atoms with E-state index in [0.29, 0.717) is 27.9 Å². The van der Waals surface area contributed by atoms with Crippen molar-refractivity contribution in [3.05, 3.63) is 61.6 Å².